The smallest absolute Gasteiger partial charge is 0.238 e. The number of amides is 1. The van der Waals surface area contributed by atoms with Crippen LogP contribution in [0.1, 0.15) is 5.56 Å². The van der Waals surface area contributed by atoms with Crippen molar-refractivity contribution in [2.45, 2.75) is 11.3 Å². The number of hydrogen-bond acceptors (Lipinski definition) is 5. The first-order chi connectivity index (χ1) is 11.3. The van der Waals surface area contributed by atoms with Gasteiger partial charge in [0.1, 0.15) is 5.82 Å². The van der Waals surface area contributed by atoms with E-state index in [0.29, 0.717) is 15.3 Å². The molecule has 0 radical (unpaired) electrons. The third kappa shape index (κ3) is 3.58. The van der Waals surface area contributed by atoms with Gasteiger partial charge < -0.3 is 5.32 Å². The van der Waals surface area contributed by atoms with Crippen molar-refractivity contribution >= 4 is 42.6 Å². The molecule has 1 aromatic heterocycles. The maximum Gasteiger partial charge on any atom is 0.238 e. The van der Waals surface area contributed by atoms with Crippen LogP contribution in [0.3, 0.4) is 0 Å². The summed E-state index contributed by atoms with van der Waals surface area (Å²) in [4.78, 5) is 16.2. The van der Waals surface area contributed by atoms with E-state index in [-0.39, 0.29) is 16.9 Å². The van der Waals surface area contributed by atoms with Crippen LogP contribution in [-0.2, 0) is 21.2 Å². The van der Waals surface area contributed by atoms with Crippen molar-refractivity contribution in [2.75, 3.05) is 5.32 Å². The lowest BCUT2D eigenvalue weighted by atomic mass is 10.1. The third-order valence-electron chi connectivity index (χ3n) is 3.24. The fourth-order valence-electron chi connectivity index (χ4n) is 2.11. The lowest BCUT2D eigenvalue weighted by molar-refractivity contribution is -0.115. The molecule has 6 nitrogen and oxygen atoms in total. The zero-order chi connectivity index (χ0) is 17.3. The van der Waals surface area contributed by atoms with Gasteiger partial charge in [0.15, 0.2) is 5.13 Å². The number of primary sulfonamides is 1. The van der Waals surface area contributed by atoms with Crippen LogP contribution in [-0.4, -0.2) is 19.3 Å². The number of carbonyl (C=O) groups is 1. The highest BCUT2D eigenvalue weighted by molar-refractivity contribution is 7.89. The largest absolute Gasteiger partial charge is 0.302 e. The SMILES string of the molecule is NS(=O)(=O)c1ccc2nc(NC(=O)Cc3ccccc3F)sc2c1. The molecule has 0 aliphatic carbocycles. The summed E-state index contributed by atoms with van der Waals surface area (Å²) < 4.78 is 36.8. The number of benzene rings is 2. The topological polar surface area (TPSA) is 102 Å². The van der Waals surface area contributed by atoms with Crippen molar-refractivity contribution in [1.29, 1.82) is 0 Å². The van der Waals surface area contributed by atoms with E-state index < -0.39 is 21.7 Å². The molecule has 0 saturated heterocycles. The molecule has 0 bridgehead atoms. The Bertz CT molecular complexity index is 1030. The van der Waals surface area contributed by atoms with Gasteiger partial charge in [-0.15, -0.1) is 0 Å². The molecule has 0 spiro atoms. The van der Waals surface area contributed by atoms with Crippen LogP contribution in [0, 0.1) is 5.82 Å². The number of nitrogens with two attached hydrogens (primary N) is 1. The highest BCUT2D eigenvalue weighted by atomic mass is 32.2. The number of fused-ring (bicyclic) bond motifs is 1. The monoisotopic (exact) mass is 365 g/mol. The number of nitrogens with zero attached hydrogens (tertiary/aromatic N) is 1. The molecule has 2 aromatic carbocycles. The molecular formula is C15H12FN3O3S2. The Labute approximate surface area is 141 Å². The Morgan fingerprint density at radius 2 is 2.00 bits per heavy atom. The fourth-order valence-corrected chi connectivity index (χ4v) is 3.65. The maximum absolute atomic E-state index is 13.6. The number of nitrogens with one attached hydrogen (secondary N) is 1. The van der Waals surface area contributed by atoms with Crippen molar-refractivity contribution in [3.8, 4) is 0 Å². The van der Waals surface area contributed by atoms with Gasteiger partial charge in [-0.05, 0) is 29.8 Å². The molecule has 1 amide bonds. The molecule has 3 aromatic rings. The first kappa shape index (κ1) is 16.5. The molecule has 3 rings (SSSR count). The zero-order valence-electron chi connectivity index (χ0n) is 12.2. The molecule has 0 unspecified atom stereocenters. The molecule has 1 heterocycles. The van der Waals surface area contributed by atoms with E-state index in [4.69, 9.17) is 5.14 Å². The fraction of sp³-hybridized carbons (Fsp3) is 0.0667. The van der Waals surface area contributed by atoms with Crippen molar-refractivity contribution < 1.29 is 17.6 Å². The number of rotatable bonds is 4. The van der Waals surface area contributed by atoms with E-state index in [1.807, 2.05) is 0 Å². The molecule has 0 aliphatic heterocycles. The number of sulfonamides is 1. The summed E-state index contributed by atoms with van der Waals surface area (Å²) >= 11 is 1.11. The number of hydrogen-bond donors (Lipinski definition) is 2. The second kappa shape index (κ2) is 6.27. The summed E-state index contributed by atoms with van der Waals surface area (Å²) in [5.41, 5.74) is 0.821. The first-order valence-electron chi connectivity index (χ1n) is 6.79. The minimum atomic E-state index is -3.80. The summed E-state index contributed by atoms with van der Waals surface area (Å²) in [5, 5.41) is 7.98. The van der Waals surface area contributed by atoms with Crippen molar-refractivity contribution in [3.05, 3.63) is 53.8 Å². The number of aromatic nitrogens is 1. The Morgan fingerprint density at radius 3 is 2.71 bits per heavy atom. The van der Waals surface area contributed by atoms with Crippen LogP contribution >= 0.6 is 11.3 Å². The van der Waals surface area contributed by atoms with E-state index in [0.717, 1.165) is 11.3 Å². The lowest BCUT2D eigenvalue weighted by Gasteiger charge is -2.02. The molecule has 24 heavy (non-hydrogen) atoms. The molecular weight excluding hydrogens is 353 g/mol. The number of thiazole rings is 1. The van der Waals surface area contributed by atoms with E-state index in [1.165, 1.54) is 30.3 Å². The Kier molecular flexibility index (Phi) is 4.31. The van der Waals surface area contributed by atoms with Crippen molar-refractivity contribution in [2.24, 2.45) is 5.14 Å². The predicted molar refractivity (Wildman–Crippen MR) is 89.7 cm³/mol. The molecule has 124 valence electrons. The molecule has 9 heteroatoms. The molecule has 3 N–H and O–H groups in total. The standard InChI is InChI=1S/C15H12FN3O3S2/c16-11-4-2-1-3-9(11)7-14(20)19-15-18-12-6-5-10(24(17,21)22)8-13(12)23-15/h1-6,8H,7H2,(H2,17,21,22)(H,18,19,20). The number of halogens is 1. The zero-order valence-corrected chi connectivity index (χ0v) is 13.8. The highest BCUT2D eigenvalue weighted by Crippen LogP contribution is 2.28. The molecule has 0 aliphatic rings. The summed E-state index contributed by atoms with van der Waals surface area (Å²) in [5.74, 6) is -0.861. The molecule has 0 fully saturated rings. The van der Waals surface area contributed by atoms with Crippen LogP contribution in [0.4, 0.5) is 9.52 Å². The van der Waals surface area contributed by atoms with Gasteiger partial charge >= 0.3 is 0 Å². The van der Waals surface area contributed by atoms with E-state index >= 15 is 0 Å². The predicted octanol–water partition coefficient (Wildman–Crippen LogP) is 2.26. The van der Waals surface area contributed by atoms with Crippen LogP contribution in [0.5, 0.6) is 0 Å². The number of anilines is 1. The van der Waals surface area contributed by atoms with Crippen LogP contribution in [0.25, 0.3) is 10.2 Å². The Hall–Kier alpha value is -2.36. The minimum Gasteiger partial charge on any atom is -0.302 e. The van der Waals surface area contributed by atoms with Crippen molar-refractivity contribution in [1.82, 2.24) is 4.98 Å². The Morgan fingerprint density at radius 1 is 1.25 bits per heavy atom. The average Bonchev–Trinajstić information content (AvgIpc) is 2.89. The van der Waals surface area contributed by atoms with Gasteiger partial charge in [-0.3, -0.25) is 4.79 Å². The second-order valence-electron chi connectivity index (χ2n) is 5.01. The second-order valence-corrected chi connectivity index (χ2v) is 7.60. The van der Waals surface area contributed by atoms with Crippen LogP contribution in [0.2, 0.25) is 0 Å². The quantitative estimate of drug-likeness (QED) is 0.740. The average molecular weight is 365 g/mol. The first-order valence-corrected chi connectivity index (χ1v) is 9.16. The maximum atomic E-state index is 13.6. The van der Waals surface area contributed by atoms with Gasteiger partial charge in [-0.1, -0.05) is 29.5 Å². The molecule has 0 saturated carbocycles. The summed E-state index contributed by atoms with van der Waals surface area (Å²) in [6.45, 7) is 0. The summed E-state index contributed by atoms with van der Waals surface area (Å²) in [7, 11) is -3.80. The van der Waals surface area contributed by atoms with Gasteiger partial charge in [-0.25, -0.2) is 22.9 Å². The van der Waals surface area contributed by atoms with Gasteiger partial charge in [0, 0.05) is 0 Å². The van der Waals surface area contributed by atoms with Gasteiger partial charge in [0.2, 0.25) is 15.9 Å². The number of carbonyl (C=O) groups excluding carboxylic acids is 1. The minimum absolute atomic E-state index is 0.0251. The van der Waals surface area contributed by atoms with Crippen LogP contribution in [0.15, 0.2) is 47.4 Å². The van der Waals surface area contributed by atoms with Gasteiger partial charge in [0.25, 0.3) is 0 Å². The molecule has 0 atom stereocenters. The third-order valence-corrected chi connectivity index (χ3v) is 5.09. The van der Waals surface area contributed by atoms with Gasteiger partial charge in [-0.2, -0.15) is 0 Å². The van der Waals surface area contributed by atoms with E-state index in [1.54, 1.807) is 12.1 Å². The lowest BCUT2D eigenvalue weighted by Crippen LogP contribution is -2.14. The van der Waals surface area contributed by atoms with Crippen molar-refractivity contribution in [3.63, 3.8) is 0 Å². The summed E-state index contributed by atoms with van der Waals surface area (Å²) in [6, 6.07) is 10.3. The highest BCUT2D eigenvalue weighted by Gasteiger charge is 2.13. The van der Waals surface area contributed by atoms with Gasteiger partial charge in [0.05, 0.1) is 21.5 Å². The van der Waals surface area contributed by atoms with Crippen LogP contribution < -0.4 is 10.5 Å². The van der Waals surface area contributed by atoms with E-state index in [9.17, 15) is 17.6 Å². The van der Waals surface area contributed by atoms with E-state index in [2.05, 4.69) is 10.3 Å². The Balaban J connectivity index is 1.80. The summed E-state index contributed by atoms with van der Waals surface area (Å²) in [6.07, 6.45) is -0.120. The normalized spacial score (nSPS) is 11.6.